The average Bonchev–Trinajstić information content (AvgIpc) is 3.05. The zero-order chi connectivity index (χ0) is 14.8. The molecule has 1 aromatic rings. The zero-order valence-corrected chi connectivity index (χ0v) is 12.8. The molecule has 1 amide bonds. The number of aryl methyl sites for hydroxylation is 1. The van der Waals surface area contributed by atoms with Crippen molar-refractivity contribution in [2.75, 3.05) is 13.1 Å². The maximum absolute atomic E-state index is 12.2. The lowest BCUT2D eigenvalue weighted by Gasteiger charge is -2.28. The van der Waals surface area contributed by atoms with Crippen LogP contribution in [0.4, 0.5) is 0 Å². The molecule has 1 saturated heterocycles. The number of likely N-dealkylation sites (tertiary alicyclic amines) is 1. The predicted octanol–water partition coefficient (Wildman–Crippen LogP) is 2.64. The summed E-state index contributed by atoms with van der Waals surface area (Å²) < 4.78 is 0. The van der Waals surface area contributed by atoms with Gasteiger partial charge in [0.2, 0.25) is 5.91 Å². The lowest BCUT2D eigenvalue weighted by molar-refractivity contribution is -0.151. The van der Waals surface area contributed by atoms with Crippen LogP contribution in [0.3, 0.4) is 0 Å². The molecule has 0 radical (unpaired) electrons. The molecule has 1 atom stereocenters. The van der Waals surface area contributed by atoms with Crippen LogP contribution in [0.25, 0.3) is 0 Å². The number of carbonyl (C=O) groups is 2. The highest BCUT2D eigenvalue weighted by molar-refractivity contribution is 7.07. The number of nitrogens with zero attached hydrogens (tertiary/aromatic N) is 1. The van der Waals surface area contributed by atoms with Gasteiger partial charge in [-0.3, -0.25) is 9.59 Å². The van der Waals surface area contributed by atoms with Crippen molar-refractivity contribution in [3.8, 4) is 0 Å². The van der Waals surface area contributed by atoms with E-state index in [0.717, 1.165) is 6.42 Å². The molecule has 2 heterocycles. The first-order valence-corrected chi connectivity index (χ1v) is 7.92. The number of carboxylic acid groups (broad SMARTS) is 1. The van der Waals surface area contributed by atoms with E-state index in [-0.39, 0.29) is 11.8 Å². The Bertz CT molecular complexity index is 483. The molecule has 0 aromatic carbocycles. The summed E-state index contributed by atoms with van der Waals surface area (Å²) in [6.45, 7) is 4.76. The first-order valence-electron chi connectivity index (χ1n) is 6.98. The Morgan fingerprint density at radius 3 is 2.75 bits per heavy atom. The van der Waals surface area contributed by atoms with Crippen LogP contribution < -0.4 is 0 Å². The van der Waals surface area contributed by atoms with Crippen molar-refractivity contribution in [1.82, 2.24) is 4.90 Å². The van der Waals surface area contributed by atoms with Gasteiger partial charge < -0.3 is 10.0 Å². The van der Waals surface area contributed by atoms with E-state index < -0.39 is 11.4 Å². The summed E-state index contributed by atoms with van der Waals surface area (Å²) in [6.07, 6.45) is 1.76. The molecule has 0 spiro atoms. The molecule has 1 aliphatic heterocycles. The van der Waals surface area contributed by atoms with Gasteiger partial charge in [-0.15, -0.1) is 0 Å². The molecule has 1 fully saturated rings. The molecule has 110 valence electrons. The van der Waals surface area contributed by atoms with Crippen molar-refractivity contribution >= 4 is 23.2 Å². The van der Waals surface area contributed by atoms with E-state index in [1.807, 2.05) is 30.7 Å². The minimum absolute atomic E-state index is 0.0367. The van der Waals surface area contributed by atoms with Crippen LogP contribution >= 0.6 is 11.3 Å². The van der Waals surface area contributed by atoms with Crippen LogP contribution in [0.2, 0.25) is 0 Å². The van der Waals surface area contributed by atoms with E-state index in [4.69, 9.17) is 0 Å². The van der Waals surface area contributed by atoms with Gasteiger partial charge in [-0.05, 0) is 41.1 Å². The highest BCUT2D eigenvalue weighted by Crippen LogP contribution is 2.38. The van der Waals surface area contributed by atoms with Gasteiger partial charge in [-0.25, -0.2) is 0 Å². The SMILES string of the molecule is CC(C)C1(C(=O)O)CCN(C(=O)CCc2ccsc2)C1. The van der Waals surface area contributed by atoms with Gasteiger partial charge in [0.05, 0.1) is 5.41 Å². The van der Waals surface area contributed by atoms with Crippen LogP contribution in [0.1, 0.15) is 32.3 Å². The molecule has 2 rings (SSSR count). The minimum Gasteiger partial charge on any atom is -0.481 e. The van der Waals surface area contributed by atoms with E-state index >= 15 is 0 Å². The van der Waals surface area contributed by atoms with E-state index in [1.165, 1.54) is 5.56 Å². The number of carboxylic acids is 1. The normalized spacial score (nSPS) is 22.4. The fourth-order valence-electron chi connectivity index (χ4n) is 2.78. The van der Waals surface area contributed by atoms with Crippen molar-refractivity contribution in [2.24, 2.45) is 11.3 Å². The first-order chi connectivity index (χ1) is 9.45. The van der Waals surface area contributed by atoms with Gasteiger partial charge in [0, 0.05) is 19.5 Å². The van der Waals surface area contributed by atoms with Crippen LogP contribution in [-0.4, -0.2) is 35.0 Å². The van der Waals surface area contributed by atoms with E-state index in [2.05, 4.69) is 0 Å². The van der Waals surface area contributed by atoms with E-state index in [0.29, 0.717) is 25.9 Å². The molecule has 0 bridgehead atoms. The lowest BCUT2D eigenvalue weighted by atomic mass is 9.76. The highest BCUT2D eigenvalue weighted by Gasteiger charge is 2.48. The fourth-order valence-corrected chi connectivity index (χ4v) is 3.49. The van der Waals surface area contributed by atoms with Crippen LogP contribution in [0, 0.1) is 11.3 Å². The number of hydrogen-bond acceptors (Lipinski definition) is 3. The van der Waals surface area contributed by atoms with Gasteiger partial charge in [0.15, 0.2) is 0 Å². The predicted molar refractivity (Wildman–Crippen MR) is 78.7 cm³/mol. The van der Waals surface area contributed by atoms with Gasteiger partial charge in [0.25, 0.3) is 0 Å². The maximum atomic E-state index is 12.2. The Morgan fingerprint density at radius 2 is 2.25 bits per heavy atom. The molecule has 1 N–H and O–H groups in total. The molecule has 0 aliphatic carbocycles. The Hall–Kier alpha value is -1.36. The quantitative estimate of drug-likeness (QED) is 0.908. The maximum Gasteiger partial charge on any atom is 0.311 e. The summed E-state index contributed by atoms with van der Waals surface area (Å²) in [7, 11) is 0. The summed E-state index contributed by atoms with van der Waals surface area (Å²) in [5.41, 5.74) is 0.411. The Kier molecular flexibility index (Phi) is 4.48. The number of aliphatic carboxylic acids is 1. The number of amides is 1. The molecule has 1 aliphatic rings. The lowest BCUT2D eigenvalue weighted by Crippen LogP contribution is -2.40. The van der Waals surface area contributed by atoms with Gasteiger partial charge in [-0.1, -0.05) is 13.8 Å². The van der Waals surface area contributed by atoms with Crippen LogP contribution in [-0.2, 0) is 16.0 Å². The largest absolute Gasteiger partial charge is 0.481 e. The monoisotopic (exact) mass is 295 g/mol. The average molecular weight is 295 g/mol. The second-order valence-corrected chi connectivity index (χ2v) is 6.59. The molecule has 1 aromatic heterocycles. The molecule has 20 heavy (non-hydrogen) atoms. The molecule has 1 unspecified atom stereocenters. The van der Waals surface area contributed by atoms with Crippen molar-refractivity contribution in [3.05, 3.63) is 22.4 Å². The third kappa shape index (κ3) is 2.87. The second kappa shape index (κ2) is 5.95. The molecule has 4 nitrogen and oxygen atoms in total. The summed E-state index contributed by atoms with van der Waals surface area (Å²) in [5, 5.41) is 13.5. The molecule has 0 saturated carbocycles. The van der Waals surface area contributed by atoms with Crippen molar-refractivity contribution in [2.45, 2.75) is 33.1 Å². The van der Waals surface area contributed by atoms with Gasteiger partial charge in [-0.2, -0.15) is 11.3 Å². The van der Waals surface area contributed by atoms with Crippen molar-refractivity contribution in [1.29, 1.82) is 0 Å². The number of carbonyl (C=O) groups excluding carboxylic acids is 1. The van der Waals surface area contributed by atoms with Crippen molar-refractivity contribution in [3.63, 3.8) is 0 Å². The summed E-state index contributed by atoms with van der Waals surface area (Å²) in [5.74, 6) is -0.671. The summed E-state index contributed by atoms with van der Waals surface area (Å²) in [4.78, 5) is 25.5. The second-order valence-electron chi connectivity index (χ2n) is 5.81. The van der Waals surface area contributed by atoms with Gasteiger partial charge >= 0.3 is 5.97 Å². The Morgan fingerprint density at radius 1 is 1.50 bits per heavy atom. The number of rotatable bonds is 5. The summed E-state index contributed by atoms with van der Waals surface area (Å²) in [6, 6.07) is 2.03. The number of thiophene rings is 1. The minimum atomic E-state index is -0.777. The van der Waals surface area contributed by atoms with E-state index in [1.54, 1.807) is 16.2 Å². The Labute approximate surface area is 123 Å². The zero-order valence-electron chi connectivity index (χ0n) is 12.0. The van der Waals surface area contributed by atoms with E-state index in [9.17, 15) is 14.7 Å². The number of hydrogen-bond donors (Lipinski definition) is 1. The molecular weight excluding hydrogens is 274 g/mol. The smallest absolute Gasteiger partial charge is 0.311 e. The van der Waals surface area contributed by atoms with Crippen molar-refractivity contribution < 1.29 is 14.7 Å². The molecular formula is C15H21NO3S. The first kappa shape index (κ1) is 15.0. The third-order valence-electron chi connectivity index (χ3n) is 4.39. The standard InChI is InChI=1S/C15H21NO3S/c1-11(2)15(14(18)19)6-7-16(10-15)13(17)4-3-12-5-8-20-9-12/h5,8-9,11H,3-4,6-7,10H2,1-2H3,(H,18,19). The topological polar surface area (TPSA) is 57.6 Å². The van der Waals surface area contributed by atoms with Gasteiger partial charge in [0.1, 0.15) is 0 Å². The molecule has 5 heteroatoms. The van der Waals surface area contributed by atoms with Crippen LogP contribution in [0.15, 0.2) is 16.8 Å². The fraction of sp³-hybridized carbons (Fsp3) is 0.600. The Balaban J connectivity index is 1.94. The third-order valence-corrected chi connectivity index (χ3v) is 5.12. The highest BCUT2D eigenvalue weighted by atomic mass is 32.1. The van der Waals surface area contributed by atoms with Crippen LogP contribution in [0.5, 0.6) is 0 Å². The summed E-state index contributed by atoms with van der Waals surface area (Å²) >= 11 is 1.63.